The number of ketones is 1. The monoisotopic (exact) mass is 276 g/mol. The van der Waals surface area contributed by atoms with Crippen molar-refractivity contribution in [3.8, 4) is 0 Å². The molecule has 0 aliphatic heterocycles. The van der Waals surface area contributed by atoms with Crippen LogP contribution in [0.1, 0.15) is 21.3 Å². The zero-order valence-corrected chi connectivity index (χ0v) is 11.5. The number of rotatable bonds is 4. The molecule has 0 radical (unpaired) electrons. The molecule has 92 valence electrons. The van der Waals surface area contributed by atoms with Gasteiger partial charge in [0, 0.05) is 10.5 Å². The molecule has 2 aromatic rings. The van der Waals surface area contributed by atoms with Gasteiger partial charge in [0.15, 0.2) is 5.78 Å². The van der Waals surface area contributed by atoms with Crippen molar-refractivity contribution in [2.24, 2.45) is 0 Å². The highest BCUT2D eigenvalue weighted by Gasteiger charge is 2.21. The van der Waals surface area contributed by atoms with Crippen LogP contribution in [0.25, 0.3) is 0 Å². The molecule has 0 aliphatic rings. The molecule has 0 bridgehead atoms. The lowest BCUT2D eigenvalue weighted by molar-refractivity contribution is 0.0984. The van der Waals surface area contributed by atoms with Crippen LogP contribution in [0.3, 0.4) is 0 Å². The number of carbonyl (C=O) groups is 1. The van der Waals surface area contributed by atoms with Crippen molar-refractivity contribution >= 4 is 29.1 Å². The van der Waals surface area contributed by atoms with Crippen molar-refractivity contribution in [3.63, 3.8) is 0 Å². The van der Waals surface area contributed by atoms with Gasteiger partial charge in [-0.05, 0) is 17.9 Å². The zero-order valence-electron chi connectivity index (χ0n) is 9.97. The number of Topliss-reactive ketones (excluding diaryl/α,β-unsaturated/α-hetero) is 1. The van der Waals surface area contributed by atoms with Gasteiger partial charge in [-0.3, -0.25) is 4.79 Å². The van der Waals surface area contributed by atoms with Crippen molar-refractivity contribution in [3.05, 3.63) is 65.7 Å². The predicted octanol–water partition coefficient (Wildman–Crippen LogP) is 4.57. The third-order valence-electron chi connectivity index (χ3n) is 2.69. The van der Waals surface area contributed by atoms with Crippen molar-refractivity contribution < 1.29 is 4.79 Å². The van der Waals surface area contributed by atoms with Crippen molar-refractivity contribution in [1.29, 1.82) is 0 Å². The fraction of sp³-hybridized carbons (Fsp3) is 0.133. The zero-order chi connectivity index (χ0) is 13.0. The summed E-state index contributed by atoms with van der Waals surface area (Å²) in [6.07, 6.45) is 1.96. The molecule has 18 heavy (non-hydrogen) atoms. The van der Waals surface area contributed by atoms with Crippen LogP contribution in [-0.4, -0.2) is 12.0 Å². The van der Waals surface area contributed by atoms with Gasteiger partial charge in [0.05, 0.1) is 0 Å². The first-order valence-corrected chi connectivity index (χ1v) is 7.26. The number of alkyl halides is 1. The Hall–Kier alpha value is -1.25. The van der Waals surface area contributed by atoms with Crippen LogP contribution in [0.4, 0.5) is 0 Å². The molecule has 0 N–H and O–H groups in total. The van der Waals surface area contributed by atoms with E-state index in [1.807, 2.05) is 60.9 Å². The van der Waals surface area contributed by atoms with Crippen LogP contribution in [0.2, 0.25) is 0 Å². The van der Waals surface area contributed by atoms with E-state index < -0.39 is 5.38 Å². The highest BCUT2D eigenvalue weighted by Crippen LogP contribution is 2.29. The van der Waals surface area contributed by atoms with Gasteiger partial charge < -0.3 is 0 Å². The SMILES string of the molecule is CSc1ccccc1C(=O)C(Cl)c1ccccc1. The molecule has 0 heterocycles. The molecule has 0 saturated carbocycles. The smallest absolute Gasteiger partial charge is 0.186 e. The lowest BCUT2D eigenvalue weighted by Crippen LogP contribution is -2.08. The summed E-state index contributed by atoms with van der Waals surface area (Å²) in [5, 5.41) is -0.625. The quantitative estimate of drug-likeness (QED) is 0.462. The minimum absolute atomic E-state index is 0.0483. The molecule has 0 spiro atoms. The third-order valence-corrected chi connectivity index (χ3v) is 3.94. The number of hydrogen-bond acceptors (Lipinski definition) is 2. The largest absolute Gasteiger partial charge is 0.292 e. The van der Waals surface area contributed by atoms with Crippen LogP contribution < -0.4 is 0 Å². The Morgan fingerprint density at radius 1 is 1.06 bits per heavy atom. The van der Waals surface area contributed by atoms with Crippen LogP contribution in [0.15, 0.2) is 59.5 Å². The molecule has 0 saturated heterocycles. The van der Waals surface area contributed by atoms with Crippen LogP contribution in [0, 0.1) is 0 Å². The van der Waals surface area contributed by atoms with E-state index in [0.29, 0.717) is 5.56 Å². The Labute approximate surface area is 116 Å². The highest BCUT2D eigenvalue weighted by molar-refractivity contribution is 7.98. The van der Waals surface area contributed by atoms with E-state index in [1.54, 1.807) is 11.8 Å². The predicted molar refractivity (Wildman–Crippen MR) is 77.6 cm³/mol. The minimum atomic E-state index is -0.625. The summed E-state index contributed by atoms with van der Waals surface area (Å²) in [7, 11) is 0. The van der Waals surface area contributed by atoms with Crippen LogP contribution in [0.5, 0.6) is 0 Å². The van der Waals surface area contributed by atoms with Crippen molar-refractivity contribution in [2.45, 2.75) is 10.3 Å². The standard InChI is InChI=1S/C15H13ClOS/c1-18-13-10-6-5-9-12(13)15(17)14(16)11-7-3-2-4-8-11/h2-10,14H,1H3. The number of benzene rings is 2. The first-order chi connectivity index (χ1) is 8.74. The first kappa shape index (κ1) is 13.2. The summed E-state index contributed by atoms with van der Waals surface area (Å²) in [6.45, 7) is 0. The second-order valence-electron chi connectivity index (χ2n) is 3.84. The lowest BCUT2D eigenvalue weighted by atomic mass is 10.0. The number of hydrogen-bond donors (Lipinski definition) is 0. The second-order valence-corrected chi connectivity index (χ2v) is 5.12. The van der Waals surface area contributed by atoms with Gasteiger partial charge in [-0.2, -0.15) is 0 Å². The molecule has 1 nitrogen and oxygen atoms in total. The Kier molecular flexibility index (Phi) is 4.45. The minimum Gasteiger partial charge on any atom is -0.292 e. The van der Waals surface area contributed by atoms with Gasteiger partial charge in [0.25, 0.3) is 0 Å². The van der Waals surface area contributed by atoms with E-state index in [2.05, 4.69) is 0 Å². The highest BCUT2D eigenvalue weighted by atomic mass is 35.5. The fourth-order valence-electron chi connectivity index (χ4n) is 1.76. The van der Waals surface area contributed by atoms with E-state index in [4.69, 9.17) is 11.6 Å². The van der Waals surface area contributed by atoms with Crippen LogP contribution >= 0.6 is 23.4 Å². The Balaban J connectivity index is 2.32. The van der Waals surface area contributed by atoms with Gasteiger partial charge in [0.2, 0.25) is 0 Å². The molecule has 1 atom stereocenters. The van der Waals surface area contributed by atoms with Gasteiger partial charge >= 0.3 is 0 Å². The second kappa shape index (κ2) is 6.07. The normalized spacial score (nSPS) is 12.1. The summed E-state index contributed by atoms with van der Waals surface area (Å²) < 4.78 is 0. The molecule has 1 unspecified atom stereocenters. The van der Waals surface area contributed by atoms with E-state index in [1.165, 1.54) is 0 Å². The van der Waals surface area contributed by atoms with E-state index in [0.717, 1.165) is 10.5 Å². The molecule has 2 rings (SSSR count). The average molecular weight is 277 g/mol. The fourth-order valence-corrected chi connectivity index (χ4v) is 2.62. The topological polar surface area (TPSA) is 17.1 Å². The molecule has 2 aromatic carbocycles. The van der Waals surface area contributed by atoms with Gasteiger partial charge in [0.1, 0.15) is 5.38 Å². The maximum Gasteiger partial charge on any atom is 0.186 e. The Morgan fingerprint density at radius 3 is 2.33 bits per heavy atom. The number of thioether (sulfide) groups is 1. The summed E-state index contributed by atoms with van der Waals surface area (Å²) in [6, 6.07) is 17.0. The maximum absolute atomic E-state index is 12.4. The Morgan fingerprint density at radius 2 is 1.67 bits per heavy atom. The molecular weight excluding hydrogens is 264 g/mol. The number of halogens is 1. The van der Waals surface area contributed by atoms with E-state index in [9.17, 15) is 4.79 Å². The molecule has 0 fully saturated rings. The summed E-state index contributed by atoms with van der Waals surface area (Å²) in [5.74, 6) is -0.0483. The molecule has 0 aromatic heterocycles. The van der Waals surface area contributed by atoms with E-state index in [-0.39, 0.29) is 5.78 Å². The summed E-state index contributed by atoms with van der Waals surface area (Å²) in [4.78, 5) is 13.3. The van der Waals surface area contributed by atoms with Crippen LogP contribution in [-0.2, 0) is 0 Å². The Bertz CT molecular complexity index is 539. The number of carbonyl (C=O) groups excluding carboxylic acids is 1. The summed E-state index contributed by atoms with van der Waals surface area (Å²) in [5.41, 5.74) is 1.52. The van der Waals surface area contributed by atoms with Crippen molar-refractivity contribution in [1.82, 2.24) is 0 Å². The molecule has 0 amide bonds. The van der Waals surface area contributed by atoms with Crippen molar-refractivity contribution in [2.75, 3.05) is 6.26 Å². The van der Waals surface area contributed by atoms with Gasteiger partial charge in [-0.1, -0.05) is 48.5 Å². The molecule has 3 heteroatoms. The third kappa shape index (κ3) is 2.77. The summed E-state index contributed by atoms with van der Waals surface area (Å²) >= 11 is 7.82. The average Bonchev–Trinajstić information content (AvgIpc) is 2.46. The lowest BCUT2D eigenvalue weighted by Gasteiger charge is -2.11. The molecular formula is C15H13ClOS. The maximum atomic E-state index is 12.4. The molecule has 0 aliphatic carbocycles. The first-order valence-electron chi connectivity index (χ1n) is 5.60. The van der Waals surface area contributed by atoms with E-state index >= 15 is 0 Å². The van der Waals surface area contributed by atoms with Gasteiger partial charge in [-0.15, -0.1) is 23.4 Å². The van der Waals surface area contributed by atoms with Gasteiger partial charge in [-0.25, -0.2) is 0 Å².